The van der Waals surface area contributed by atoms with E-state index in [4.69, 9.17) is 23.8 Å². The Bertz CT molecular complexity index is 681. The Morgan fingerprint density at radius 3 is 2.82 bits per heavy atom. The predicted molar refractivity (Wildman–Crippen MR) is 96.5 cm³/mol. The van der Waals surface area contributed by atoms with Crippen LogP contribution in [-0.4, -0.2) is 26.8 Å². The summed E-state index contributed by atoms with van der Waals surface area (Å²) in [6.45, 7) is 7.62. The lowest BCUT2D eigenvalue weighted by molar-refractivity contribution is 0.471. The molecule has 1 N–H and O–H groups in total. The van der Waals surface area contributed by atoms with Gasteiger partial charge in [-0.2, -0.15) is 5.10 Å². The number of hydrogen-bond acceptors (Lipinski definition) is 2. The van der Waals surface area contributed by atoms with Crippen LogP contribution in [0.1, 0.15) is 23.7 Å². The maximum Gasteiger partial charge on any atom is 0.173 e. The van der Waals surface area contributed by atoms with Gasteiger partial charge in [0, 0.05) is 19.3 Å². The highest BCUT2D eigenvalue weighted by molar-refractivity contribution is 7.80. The lowest BCUT2D eigenvalue weighted by Crippen LogP contribution is -2.31. The van der Waals surface area contributed by atoms with Crippen LogP contribution in [0.5, 0.6) is 0 Å². The second-order valence-corrected chi connectivity index (χ2v) is 6.08. The van der Waals surface area contributed by atoms with Crippen LogP contribution in [-0.2, 0) is 13.1 Å². The Morgan fingerprint density at radius 1 is 1.41 bits per heavy atom. The molecule has 1 aromatic heterocycles. The number of rotatable bonds is 4. The highest BCUT2D eigenvalue weighted by Gasteiger charge is 2.13. The van der Waals surface area contributed by atoms with E-state index in [1.54, 1.807) is 6.20 Å². The van der Waals surface area contributed by atoms with E-state index in [1.807, 2.05) is 35.7 Å². The first-order valence-corrected chi connectivity index (χ1v) is 8.01. The van der Waals surface area contributed by atoms with Crippen molar-refractivity contribution in [1.82, 2.24) is 14.7 Å². The van der Waals surface area contributed by atoms with Gasteiger partial charge >= 0.3 is 0 Å². The highest BCUT2D eigenvalue weighted by atomic mass is 35.5. The minimum absolute atomic E-state index is 0.614. The first-order chi connectivity index (χ1) is 10.4. The molecular weight excluding hydrogens is 316 g/mol. The first-order valence-electron chi connectivity index (χ1n) is 7.22. The van der Waals surface area contributed by atoms with Crippen LogP contribution in [0.4, 0.5) is 5.69 Å². The van der Waals surface area contributed by atoms with Gasteiger partial charge in [0.15, 0.2) is 5.11 Å². The quantitative estimate of drug-likeness (QED) is 0.855. The highest BCUT2D eigenvalue weighted by Crippen LogP contribution is 2.20. The van der Waals surface area contributed by atoms with Crippen LogP contribution >= 0.6 is 23.8 Å². The zero-order valence-electron chi connectivity index (χ0n) is 13.4. The van der Waals surface area contributed by atoms with E-state index in [0.717, 1.165) is 17.9 Å². The Hall–Kier alpha value is -1.59. The Labute approximate surface area is 142 Å². The maximum atomic E-state index is 6.20. The average molecular weight is 337 g/mol. The molecule has 4 nitrogen and oxygen atoms in total. The van der Waals surface area contributed by atoms with E-state index in [0.29, 0.717) is 16.7 Å². The molecular formula is C16H21ClN4S. The molecule has 0 radical (unpaired) electrons. The Kier molecular flexibility index (Phi) is 5.42. The molecule has 1 aromatic carbocycles. The molecule has 0 aliphatic rings. The minimum Gasteiger partial charge on any atom is -0.346 e. The largest absolute Gasteiger partial charge is 0.346 e. The van der Waals surface area contributed by atoms with Crippen LogP contribution in [0, 0.1) is 13.8 Å². The molecule has 0 aliphatic heterocycles. The summed E-state index contributed by atoms with van der Waals surface area (Å²) >= 11 is 11.7. The molecule has 0 atom stereocenters. The summed E-state index contributed by atoms with van der Waals surface area (Å²) in [6.07, 6.45) is 1.68. The van der Waals surface area contributed by atoms with Crippen molar-refractivity contribution in [3.8, 4) is 0 Å². The van der Waals surface area contributed by atoms with Crippen molar-refractivity contribution in [2.75, 3.05) is 12.4 Å². The third-order valence-corrected chi connectivity index (χ3v) is 4.51. The van der Waals surface area contributed by atoms with Crippen LogP contribution in [0.2, 0.25) is 5.02 Å². The van der Waals surface area contributed by atoms with Crippen LogP contribution < -0.4 is 5.32 Å². The number of hydrogen-bond donors (Lipinski definition) is 1. The molecule has 22 heavy (non-hydrogen) atoms. The third kappa shape index (κ3) is 3.59. The van der Waals surface area contributed by atoms with E-state index in [1.165, 1.54) is 11.1 Å². The second kappa shape index (κ2) is 7.11. The van der Waals surface area contributed by atoms with Crippen molar-refractivity contribution >= 4 is 34.6 Å². The summed E-state index contributed by atoms with van der Waals surface area (Å²) < 4.78 is 1.89. The van der Waals surface area contributed by atoms with Gasteiger partial charge in [-0.3, -0.25) is 4.68 Å². The van der Waals surface area contributed by atoms with Crippen LogP contribution in [0.3, 0.4) is 0 Å². The van der Waals surface area contributed by atoms with Crippen molar-refractivity contribution in [1.29, 1.82) is 0 Å². The van der Waals surface area contributed by atoms with E-state index < -0.39 is 0 Å². The van der Waals surface area contributed by atoms with E-state index >= 15 is 0 Å². The summed E-state index contributed by atoms with van der Waals surface area (Å²) in [5, 5.41) is 8.89. The third-order valence-electron chi connectivity index (χ3n) is 3.78. The molecule has 0 saturated carbocycles. The van der Waals surface area contributed by atoms with Gasteiger partial charge in [0.1, 0.15) is 0 Å². The Balaban J connectivity index is 2.09. The molecule has 0 amide bonds. The molecule has 0 spiro atoms. The van der Waals surface area contributed by atoms with E-state index in [9.17, 15) is 0 Å². The molecule has 0 saturated heterocycles. The topological polar surface area (TPSA) is 33.1 Å². The number of nitrogens with one attached hydrogen (secondary N) is 1. The predicted octanol–water partition coefficient (Wildman–Crippen LogP) is 4.00. The zero-order chi connectivity index (χ0) is 16.3. The number of nitrogens with zero attached hydrogens (tertiary/aromatic N) is 3. The van der Waals surface area contributed by atoms with Gasteiger partial charge in [-0.05, 0) is 50.2 Å². The fraction of sp³-hybridized carbons (Fsp3) is 0.375. The minimum atomic E-state index is 0.614. The molecule has 0 fully saturated rings. The summed E-state index contributed by atoms with van der Waals surface area (Å²) in [7, 11) is 1.95. The fourth-order valence-corrected chi connectivity index (χ4v) is 2.59. The van der Waals surface area contributed by atoms with Gasteiger partial charge in [0.25, 0.3) is 0 Å². The van der Waals surface area contributed by atoms with Crippen molar-refractivity contribution < 1.29 is 0 Å². The number of thiocarbonyl (C=S) groups is 1. The van der Waals surface area contributed by atoms with Crippen molar-refractivity contribution in [3.05, 3.63) is 46.2 Å². The van der Waals surface area contributed by atoms with Crippen LogP contribution in [0.25, 0.3) is 0 Å². The van der Waals surface area contributed by atoms with Gasteiger partial charge in [-0.25, -0.2) is 0 Å². The summed E-state index contributed by atoms with van der Waals surface area (Å²) in [4.78, 5) is 1.96. The standard InChI is InChI=1S/C16H21ClN4S/c1-5-21-15(13(17)9-18-21)10-20(4)16(22)19-14-8-6-7-11(2)12(14)3/h6-9H,5,10H2,1-4H3,(H,19,22). The number of benzene rings is 1. The molecule has 2 rings (SSSR count). The smallest absolute Gasteiger partial charge is 0.173 e. The van der Waals surface area contributed by atoms with Gasteiger partial charge in [-0.1, -0.05) is 23.7 Å². The van der Waals surface area contributed by atoms with Crippen molar-refractivity contribution in [2.24, 2.45) is 0 Å². The van der Waals surface area contributed by atoms with Crippen molar-refractivity contribution in [3.63, 3.8) is 0 Å². The first kappa shape index (κ1) is 16.8. The zero-order valence-corrected chi connectivity index (χ0v) is 14.9. The van der Waals surface area contributed by atoms with E-state index in [2.05, 4.69) is 30.3 Å². The van der Waals surface area contributed by atoms with E-state index in [-0.39, 0.29) is 0 Å². The summed E-state index contributed by atoms with van der Waals surface area (Å²) in [6, 6.07) is 6.15. The van der Waals surface area contributed by atoms with Gasteiger partial charge in [-0.15, -0.1) is 0 Å². The summed E-state index contributed by atoms with van der Waals surface area (Å²) in [5.41, 5.74) is 4.45. The number of anilines is 1. The second-order valence-electron chi connectivity index (χ2n) is 5.29. The maximum absolute atomic E-state index is 6.20. The van der Waals surface area contributed by atoms with Crippen LogP contribution in [0.15, 0.2) is 24.4 Å². The SMILES string of the molecule is CCn1ncc(Cl)c1CN(C)C(=S)Nc1cccc(C)c1C. The lowest BCUT2D eigenvalue weighted by Gasteiger charge is -2.22. The molecule has 0 aliphatic carbocycles. The molecule has 2 aromatic rings. The Morgan fingerprint density at radius 2 is 2.14 bits per heavy atom. The monoisotopic (exact) mass is 336 g/mol. The number of aromatic nitrogens is 2. The molecule has 1 heterocycles. The molecule has 0 bridgehead atoms. The number of halogens is 1. The van der Waals surface area contributed by atoms with Crippen molar-refractivity contribution in [2.45, 2.75) is 33.9 Å². The molecule has 0 unspecified atom stereocenters. The molecule has 6 heteroatoms. The van der Waals surface area contributed by atoms with Gasteiger partial charge in [0.2, 0.25) is 0 Å². The molecule has 118 valence electrons. The fourth-order valence-electron chi connectivity index (χ4n) is 2.21. The van der Waals surface area contributed by atoms with Gasteiger partial charge < -0.3 is 10.2 Å². The average Bonchev–Trinajstić information content (AvgIpc) is 2.84. The summed E-state index contributed by atoms with van der Waals surface area (Å²) in [5.74, 6) is 0. The normalized spacial score (nSPS) is 10.6. The van der Waals surface area contributed by atoms with Gasteiger partial charge in [0.05, 0.1) is 23.5 Å². The lowest BCUT2D eigenvalue weighted by atomic mass is 10.1. The number of aryl methyl sites for hydroxylation is 2.